The van der Waals surface area contributed by atoms with Gasteiger partial charge in [0.1, 0.15) is 0 Å². The fourth-order valence-corrected chi connectivity index (χ4v) is 2.71. The molecule has 1 aliphatic heterocycles. The van der Waals surface area contributed by atoms with Crippen LogP contribution in [-0.4, -0.2) is 47.0 Å². The van der Waals surface area contributed by atoms with E-state index < -0.39 is 0 Å². The standard InChI is InChI=1S/C18H29N3/c1-14(2)16(5)18-8-6-7-17(19-18)13-20-9-11-21(12-10-20)15(3)4/h6-8,14-15H,5,9-13H2,1-4H3. The summed E-state index contributed by atoms with van der Waals surface area (Å²) in [6.07, 6.45) is 0. The summed E-state index contributed by atoms with van der Waals surface area (Å²) in [7, 11) is 0. The third-order valence-electron chi connectivity index (χ3n) is 4.36. The van der Waals surface area contributed by atoms with Gasteiger partial charge in [-0.3, -0.25) is 14.8 Å². The van der Waals surface area contributed by atoms with E-state index in [4.69, 9.17) is 4.98 Å². The first-order valence-electron chi connectivity index (χ1n) is 8.09. The Labute approximate surface area is 129 Å². The van der Waals surface area contributed by atoms with E-state index in [0.717, 1.165) is 49.7 Å². The van der Waals surface area contributed by atoms with E-state index in [0.29, 0.717) is 12.0 Å². The molecule has 1 saturated heterocycles. The SMILES string of the molecule is C=C(c1cccc(CN2CCN(C(C)C)CC2)n1)C(C)C. The van der Waals surface area contributed by atoms with Crippen molar-refractivity contribution >= 4 is 5.57 Å². The molecular weight excluding hydrogens is 258 g/mol. The van der Waals surface area contributed by atoms with Gasteiger partial charge in [-0.05, 0) is 37.5 Å². The lowest BCUT2D eigenvalue weighted by Crippen LogP contribution is -2.48. The minimum atomic E-state index is 0.447. The van der Waals surface area contributed by atoms with Crippen LogP contribution >= 0.6 is 0 Å². The van der Waals surface area contributed by atoms with Gasteiger partial charge in [0.15, 0.2) is 0 Å². The molecule has 1 aliphatic rings. The van der Waals surface area contributed by atoms with Gasteiger partial charge in [0.05, 0.1) is 11.4 Å². The van der Waals surface area contributed by atoms with Crippen molar-refractivity contribution in [3.05, 3.63) is 36.2 Å². The molecule has 21 heavy (non-hydrogen) atoms. The van der Waals surface area contributed by atoms with E-state index in [-0.39, 0.29) is 0 Å². The average Bonchev–Trinajstić information content (AvgIpc) is 2.47. The molecule has 1 aromatic heterocycles. The van der Waals surface area contributed by atoms with Crippen molar-refractivity contribution in [2.45, 2.75) is 40.3 Å². The van der Waals surface area contributed by atoms with Crippen LogP contribution in [0.2, 0.25) is 0 Å². The van der Waals surface area contributed by atoms with Crippen molar-refractivity contribution in [1.29, 1.82) is 0 Å². The quantitative estimate of drug-likeness (QED) is 0.828. The van der Waals surface area contributed by atoms with Crippen LogP contribution in [0.3, 0.4) is 0 Å². The minimum absolute atomic E-state index is 0.447. The second-order valence-electron chi connectivity index (χ2n) is 6.60. The molecule has 3 nitrogen and oxygen atoms in total. The fraction of sp³-hybridized carbons (Fsp3) is 0.611. The van der Waals surface area contributed by atoms with E-state index in [1.54, 1.807) is 0 Å². The van der Waals surface area contributed by atoms with Crippen LogP contribution in [0.1, 0.15) is 39.1 Å². The molecule has 0 amide bonds. The molecule has 0 saturated carbocycles. The molecule has 0 bridgehead atoms. The predicted molar refractivity (Wildman–Crippen MR) is 90.1 cm³/mol. The minimum Gasteiger partial charge on any atom is -0.298 e. The maximum Gasteiger partial charge on any atom is 0.0662 e. The lowest BCUT2D eigenvalue weighted by atomic mass is 10.0. The molecule has 0 N–H and O–H groups in total. The van der Waals surface area contributed by atoms with Crippen LogP contribution in [0.25, 0.3) is 5.57 Å². The molecule has 3 heteroatoms. The highest BCUT2D eigenvalue weighted by Gasteiger charge is 2.19. The van der Waals surface area contributed by atoms with Gasteiger partial charge >= 0.3 is 0 Å². The van der Waals surface area contributed by atoms with E-state index in [1.165, 1.54) is 0 Å². The normalized spacial score (nSPS) is 17.6. The molecular formula is C18H29N3. The highest BCUT2D eigenvalue weighted by molar-refractivity contribution is 5.61. The number of piperazine rings is 1. The Balaban J connectivity index is 1.95. The summed E-state index contributed by atoms with van der Waals surface area (Å²) in [5.74, 6) is 0.447. The Morgan fingerprint density at radius 3 is 2.38 bits per heavy atom. The van der Waals surface area contributed by atoms with Crippen LogP contribution in [0.4, 0.5) is 0 Å². The van der Waals surface area contributed by atoms with Crippen LogP contribution in [0.15, 0.2) is 24.8 Å². The lowest BCUT2D eigenvalue weighted by Gasteiger charge is -2.36. The average molecular weight is 287 g/mol. The summed E-state index contributed by atoms with van der Waals surface area (Å²) in [5.41, 5.74) is 3.33. The number of nitrogens with zero attached hydrogens (tertiary/aromatic N) is 3. The Hall–Kier alpha value is -1.19. The van der Waals surface area contributed by atoms with Crippen molar-refractivity contribution < 1.29 is 0 Å². The first-order valence-corrected chi connectivity index (χ1v) is 8.09. The van der Waals surface area contributed by atoms with E-state index in [1.807, 2.05) is 0 Å². The van der Waals surface area contributed by atoms with Crippen molar-refractivity contribution in [2.75, 3.05) is 26.2 Å². The van der Waals surface area contributed by atoms with Gasteiger partial charge in [0, 0.05) is 38.8 Å². The molecule has 2 rings (SSSR count). The monoisotopic (exact) mass is 287 g/mol. The Kier molecular flexibility index (Phi) is 5.54. The first kappa shape index (κ1) is 16.2. The number of allylic oxidation sites excluding steroid dienone is 1. The molecule has 2 heterocycles. The van der Waals surface area contributed by atoms with Gasteiger partial charge < -0.3 is 0 Å². The summed E-state index contributed by atoms with van der Waals surface area (Å²) in [6, 6.07) is 6.97. The van der Waals surface area contributed by atoms with Crippen LogP contribution in [0.5, 0.6) is 0 Å². The maximum absolute atomic E-state index is 4.79. The van der Waals surface area contributed by atoms with Gasteiger partial charge in [0.25, 0.3) is 0 Å². The smallest absolute Gasteiger partial charge is 0.0662 e. The summed E-state index contributed by atoms with van der Waals surface area (Å²) >= 11 is 0. The Bertz CT molecular complexity index is 471. The number of hydrogen-bond acceptors (Lipinski definition) is 3. The van der Waals surface area contributed by atoms with Gasteiger partial charge in [-0.25, -0.2) is 0 Å². The largest absolute Gasteiger partial charge is 0.298 e. The Morgan fingerprint density at radius 2 is 1.81 bits per heavy atom. The van der Waals surface area contributed by atoms with Crippen molar-refractivity contribution in [3.8, 4) is 0 Å². The van der Waals surface area contributed by atoms with E-state index in [2.05, 4.69) is 62.3 Å². The third kappa shape index (κ3) is 4.39. The highest BCUT2D eigenvalue weighted by Crippen LogP contribution is 2.19. The van der Waals surface area contributed by atoms with Crippen LogP contribution in [-0.2, 0) is 6.54 Å². The van der Waals surface area contributed by atoms with Gasteiger partial charge in [-0.1, -0.05) is 26.5 Å². The van der Waals surface area contributed by atoms with Gasteiger partial charge in [0.2, 0.25) is 0 Å². The zero-order valence-electron chi connectivity index (χ0n) is 14.0. The first-order chi connectivity index (χ1) is 9.97. The highest BCUT2D eigenvalue weighted by atomic mass is 15.3. The number of pyridine rings is 1. The lowest BCUT2D eigenvalue weighted by molar-refractivity contribution is 0.103. The predicted octanol–water partition coefficient (Wildman–Crippen LogP) is 3.28. The molecule has 116 valence electrons. The van der Waals surface area contributed by atoms with Crippen molar-refractivity contribution in [3.63, 3.8) is 0 Å². The van der Waals surface area contributed by atoms with Crippen molar-refractivity contribution in [1.82, 2.24) is 14.8 Å². The summed E-state index contributed by atoms with van der Waals surface area (Å²) < 4.78 is 0. The molecule has 0 atom stereocenters. The zero-order valence-corrected chi connectivity index (χ0v) is 14.0. The maximum atomic E-state index is 4.79. The topological polar surface area (TPSA) is 19.4 Å². The van der Waals surface area contributed by atoms with E-state index >= 15 is 0 Å². The number of aromatic nitrogens is 1. The van der Waals surface area contributed by atoms with Crippen LogP contribution < -0.4 is 0 Å². The second-order valence-corrected chi connectivity index (χ2v) is 6.60. The van der Waals surface area contributed by atoms with E-state index in [9.17, 15) is 0 Å². The second kappa shape index (κ2) is 7.19. The zero-order chi connectivity index (χ0) is 15.4. The molecule has 1 aromatic rings. The van der Waals surface area contributed by atoms with Crippen molar-refractivity contribution in [2.24, 2.45) is 5.92 Å². The van der Waals surface area contributed by atoms with Crippen LogP contribution in [0, 0.1) is 5.92 Å². The van der Waals surface area contributed by atoms with Gasteiger partial charge in [-0.2, -0.15) is 0 Å². The number of rotatable bonds is 5. The molecule has 0 radical (unpaired) electrons. The summed E-state index contributed by atoms with van der Waals surface area (Å²) in [5, 5.41) is 0. The third-order valence-corrected chi connectivity index (χ3v) is 4.36. The number of hydrogen-bond donors (Lipinski definition) is 0. The summed E-state index contributed by atoms with van der Waals surface area (Å²) in [6.45, 7) is 18.6. The molecule has 0 aliphatic carbocycles. The fourth-order valence-electron chi connectivity index (χ4n) is 2.71. The Morgan fingerprint density at radius 1 is 1.14 bits per heavy atom. The van der Waals surface area contributed by atoms with Gasteiger partial charge in [-0.15, -0.1) is 0 Å². The molecule has 1 fully saturated rings. The molecule has 0 unspecified atom stereocenters. The molecule has 0 spiro atoms. The molecule has 0 aromatic carbocycles. The summed E-state index contributed by atoms with van der Waals surface area (Å²) in [4.78, 5) is 9.83.